The van der Waals surface area contributed by atoms with Gasteiger partial charge in [-0.3, -0.25) is 0 Å². The summed E-state index contributed by atoms with van der Waals surface area (Å²) in [4.78, 5) is 11.2. The highest BCUT2D eigenvalue weighted by Crippen LogP contribution is 2.39. The highest BCUT2D eigenvalue weighted by atomic mass is 19.1. The van der Waals surface area contributed by atoms with Gasteiger partial charge < -0.3 is 24.2 Å². The molecule has 0 unspecified atom stereocenters. The predicted octanol–water partition coefficient (Wildman–Crippen LogP) is 4.67. The first-order valence-electron chi connectivity index (χ1n) is 10.9. The highest BCUT2D eigenvalue weighted by Gasteiger charge is 2.41. The summed E-state index contributed by atoms with van der Waals surface area (Å²) in [5.41, 5.74) is 1.08. The Morgan fingerprint density at radius 2 is 1.91 bits per heavy atom. The average molecular weight is 442 g/mol. The number of benzene rings is 1. The van der Waals surface area contributed by atoms with E-state index < -0.39 is 5.82 Å². The fraction of sp³-hybridized carbons (Fsp3) is 0.435. The molecule has 0 radical (unpaired) electrons. The van der Waals surface area contributed by atoms with Crippen LogP contribution in [0.4, 0.5) is 22.0 Å². The van der Waals surface area contributed by atoms with Crippen LogP contribution in [0.1, 0.15) is 26.7 Å². The zero-order valence-electron chi connectivity index (χ0n) is 18.6. The normalized spacial score (nSPS) is 16.7. The fourth-order valence-corrected chi connectivity index (χ4v) is 3.85. The number of hydrogen-bond donors (Lipinski definition) is 1. The van der Waals surface area contributed by atoms with Crippen LogP contribution in [0.3, 0.4) is 0 Å². The van der Waals surface area contributed by atoms with E-state index >= 15 is 0 Å². The van der Waals surface area contributed by atoms with Crippen molar-refractivity contribution < 1.29 is 18.4 Å². The molecule has 0 bridgehead atoms. The smallest absolute Gasteiger partial charge is 0.230 e. The van der Waals surface area contributed by atoms with Crippen LogP contribution in [0.2, 0.25) is 0 Å². The lowest BCUT2D eigenvalue weighted by Crippen LogP contribution is -2.51. The molecule has 3 aromatic rings. The number of nitrogens with one attached hydrogen (secondary N) is 1. The summed E-state index contributed by atoms with van der Waals surface area (Å²) >= 11 is 0. The lowest BCUT2D eigenvalue weighted by Gasteiger charge is -2.47. The molecular formula is C23H28FN5O3. The molecule has 0 amide bonds. The van der Waals surface area contributed by atoms with Crippen LogP contribution in [-0.4, -0.2) is 48.5 Å². The molecule has 1 N–H and O–H groups in total. The fourth-order valence-electron chi connectivity index (χ4n) is 3.85. The Labute approximate surface area is 186 Å². The molecule has 0 saturated carbocycles. The summed E-state index contributed by atoms with van der Waals surface area (Å²) in [6, 6.07) is 7.98. The maximum absolute atomic E-state index is 14.3. The second-order valence-electron chi connectivity index (χ2n) is 7.77. The van der Waals surface area contributed by atoms with Gasteiger partial charge in [0.25, 0.3) is 0 Å². The molecule has 1 aromatic carbocycles. The van der Waals surface area contributed by atoms with Crippen LogP contribution in [0.15, 0.2) is 41.1 Å². The van der Waals surface area contributed by atoms with Crippen LogP contribution in [0, 0.1) is 11.2 Å². The number of ether oxygens (including phenoxy) is 2. The molecule has 0 atom stereocenters. The van der Waals surface area contributed by atoms with E-state index in [0.29, 0.717) is 40.1 Å². The van der Waals surface area contributed by atoms with Crippen molar-refractivity contribution in [2.45, 2.75) is 26.7 Å². The minimum Gasteiger partial charge on any atom is -0.497 e. The predicted molar refractivity (Wildman–Crippen MR) is 120 cm³/mol. The van der Waals surface area contributed by atoms with Crippen molar-refractivity contribution in [1.82, 2.24) is 15.1 Å². The van der Waals surface area contributed by atoms with Crippen molar-refractivity contribution in [1.29, 1.82) is 0 Å². The molecule has 2 fully saturated rings. The molecule has 0 aliphatic carbocycles. The molecule has 170 valence electrons. The third kappa shape index (κ3) is 4.52. The number of rotatable bonds is 5. The van der Waals surface area contributed by atoms with Gasteiger partial charge in [-0.1, -0.05) is 19.0 Å². The van der Waals surface area contributed by atoms with Gasteiger partial charge in [-0.05, 0) is 31.0 Å². The van der Waals surface area contributed by atoms with Gasteiger partial charge >= 0.3 is 0 Å². The second kappa shape index (κ2) is 9.52. The summed E-state index contributed by atoms with van der Waals surface area (Å²) in [6.07, 6.45) is 3.89. The topological polar surface area (TPSA) is 85.5 Å². The molecule has 2 saturated heterocycles. The van der Waals surface area contributed by atoms with Gasteiger partial charge in [0, 0.05) is 42.4 Å². The Morgan fingerprint density at radius 1 is 1.12 bits per heavy atom. The number of nitrogens with zero attached hydrogens (tertiary/aromatic N) is 4. The molecule has 8 nitrogen and oxygen atoms in total. The van der Waals surface area contributed by atoms with E-state index in [1.807, 2.05) is 13.8 Å². The lowest BCUT2D eigenvalue weighted by molar-refractivity contribution is -0.124. The summed E-state index contributed by atoms with van der Waals surface area (Å²) in [5, 5.41) is 7.04. The molecule has 5 rings (SSSR count). The van der Waals surface area contributed by atoms with Crippen LogP contribution in [-0.2, 0) is 4.74 Å². The highest BCUT2D eigenvalue weighted by molar-refractivity contribution is 5.65. The maximum atomic E-state index is 14.3. The van der Waals surface area contributed by atoms with E-state index in [9.17, 15) is 4.39 Å². The average Bonchev–Trinajstić information content (AvgIpc) is 3.27. The van der Waals surface area contributed by atoms with Crippen LogP contribution >= 0.6 is 0 Å². The molecule has 32 heavy (non-hydrogen) atoms. The zero-order chi connectivity index (χ0) is 22.6. The Morgan fingerprint density at radius 3 is 2.56 bits per heavy atom. The molecule has 9 heteroatoms. The van der Waals surface area contributed by atoms with Crippen molar-refractivity contribution >= 4 is 17.7 Å². The number of aromatic nitrogens is 3. The number of hydrogen-bond acceptors (Lipinski definition) is 8. The van der Waals surface area contributed by atoms with Crippen molar-refractivity contribution in [3.63, 3.8) is 0 Å². The summed E-state index contributed by atoms with van der Waals surface area (Å²) in [7, 11) is 1.49. The van der Waals surface area contributed by atoms with Gasteiger partial charge in [0.1, 0.15) is 23.1 Å². The lowest BCUT2D eigenvalue weighted by atomic mass is 9.77. The third-order valence-corrected chi connectivity index (χ3v) is 5.78. The Kier molecular flexibility index (Phi) is 6.55. The molecule has 2 aromatic heterocycles. The first-order chi connectivity index (χ1) is 15.6. The largest absolute Gasteiger partial charge is 0.497 e. The minimum atomic E-state index is -0.432. The first kappa shape index (κ1) is 22.0. The molecular weight excluding hydrogens is 413 g/mol. The van der Waals surface area contributed by atoms with Crippen molar-refractivity contribution in [3.8, 4) is 17.0 Å². The Balaban J connectivity index is 0.00000119. The molecule has 1 spiro atoms. The Bertz CT molecular complexity index is 1040. The van der Waals surface area contributed by atoms with Gasteiger partial charge in [0.2, 0.25) is 11.8 Å². The second-order valence-corrected chi connectivity index (χ2v) is 7.77. The van der Waals surface area contributed by atoms with Crippen LogP contribution < -0.4 is 15.0 Å². The van der Waals surface area contributed by atoms with Crippen molar-refractivity contribution in [2.24, 2.45) is 5.41 Å². The SMILES string of the molecule is CC.COc1ccc(-c2cc(Nc3ccnc(N4CCC5(CC4)COC5)n3)on2)c(F)c1. The van der Waals surface area contributed by atoms with Crippen molar-refractivity contribution in [2.75, 3.05) is 43.6 Å². The number of piperidine rings is 1. The van der Waals surface area contributed by atoms with Gasteiger partial charge in [0.15, 0.2) is 0 Å². The molecule has 2 aliphatic rings. The maximum Gasteiger partial charge on any atom is 0.230 e. The first-order valence-corrected chi connectivity index (χ1v) is 10.9. The minimum absolute atomic E-state index is 0.332. The monoisotopic (exact) mass is 441 g/mol. The summed E-state index contributed by atoms with van der Waals surface area (Å²) < 4.78 is 30.0. The van der Waals surface area contributed by atoms with Crippen LogP contribution in [0.25, 0.3) is 11.3 Å². The Hall–Kier alpha value is -3.20. The summed E-state index contributed by atoms with van der Waals surface area (Å²) in [6.45, 7) is 7.56. The quantitative estimate of drug-likeness (QED) is 0.612. The number of anilines is 3. The van der Waals surface area contributed by atoms with E-state index in [0.717, 1.165) is 39.1 Å². The van der Waals surface area contributed by atoms with Crippen molar-refractivity contribution in [3.05, 3.63) is 42.3 Å². The van der Waals surface area contributed by atoms with Gasteiger partial charge in [0.05, 0.1) is 20.3 Å². The van der Waals surface area contributed by atoms with E-state index in [1.54, 1.807) is 30.5 Å². The molecule has 2 aliphatic heterocycles. The summed E-state index contributed by atoms with van der Waals surface area (Å²) in [5.74, 6) is 1.65. The van der Waals surface area contributed by atoms with Gasteiger partial charge in [-0.2, -0.15) is 4.98 Å². The third-order valence-electron chi connectivity index (χ3n) is 5.78. The van der Waals surface area contributed by atoms with E-state index in [1.165, 1.54) is 13.2 Å². The molecule has 4 heterocycles. The van der Waals surface area contributed by atoms with E-state index in [4.69, 9.17) is 14.0 Å². The van der Waals surface area contributed by atoms with Gasteiger partial charge in [-0.15, -0.1) is 0 Å². The van der Waals surface area contributed by atoms with Gasteiger partial charge in [-0.25, -0.2) is 9.37 Å². The zero-order valence-corrected chi connectivity index (χ0v) is 18.6. The van der Waals surface area contributed by atoms with E-state index in [2.05, 4.69) is 25.3 Å². The standard InChI is InChI=1S/C21H22FN5O3.C2H6/c1-28-14-2-3-15(16(22)10-14)17-11-19(30-26-17)24-18-4-7-23-20(25-18)27-8-5-21(6-9-27)12-29-13-21;1-2/h2-4,7,10-11H,5-6,8-9,12-13H2,1H3,(H,23,24,25);1-2H3. The number of halogens is 1. The number of methoxy groups -OCH3 is 1. The van der Waals surface area contributed by atoms with Crippen LogP contribution in [0.5, 0.6) is 5.75 Å². The van der Waals surface area contributed by atoms with E-state index in [-0.39, 0.29) is 0 Å².